The second-order valence-corrected chi connectivity index (χ2v) is 9.39. The molecule has 3 aliphatic rings. The standard InChI is InChI=1S/C26H26F2N2O5/c27-26(28)21(23(26)24(33)30-11-5-6-15(30)12-22(31)32)13-29-25(34)35-14-20-18-9-3-1-7-16(18)17-8-2-4-10-19(17)20/h1-4,7-10,15,20-21,23H,5-6,11-14H2,(H,29,34)(H,31,32)/t15-,21+,23+/m1/s1. The lowest BCUT2D eigenvalue weighted by Crippen LogP contribution is -2.39. The van der Waals surface area contributed by atoms with Crippen LogP contribution in [0.1, 0.15) is 36.3 Å². The third kappa shape index (κ3) is 4.24. The number of alkyl carbamates (subject to hydrolysis) is 1. The molecule has 2 aromatic carbocycles. The summed E-state index contributed by atoms with van der Waals surface area (Å²) < 4.78 is 34.2. The Morgan fingerprint density at radius 3 is 2.31 bits per heavy atom. The minimum absolute atomic E-state index is 0.0634. The Morgan fingerprint density at radius 2 is 1.69 bits per heavy atom. The number of halogens is 2. The van der Waals surface area contributed by atoms with Gasteiger partial charge in [-0.1, -0.05) is 48.5 Å². The lowest BCUT2D eigenvalue weighted by atomic mass is 9.98. The number of hydrogen-bond acceptors (Lipinski definition) is 4. The molecular formula is C26H26F2N2O5. The number of carboxylic acid groups (broad SMARTS) is 1. The number of nitrogens with one attached hydrogen (secondary N) is 1. The highest BCUT2D eigenvalue weighted by molar-refractivity contribution is 5.85. The van der Waals surface area contributed by atoms with Crippen LogP contribution < -0.4 is 5.32 Å². The molecule has 9 heteroatoms. The lowest BCUT2D eigenvalue weighted by Gasteiger charge is -2.23. The van der Waals surface area contributed by atoms with E-state index in [1.54, 1.807) is 0 Å². The van der Waals surface area contributed by atoms with E-state index in [4.69, 9.17) is 9.84 Å². The van der Waals surface area contributed by atoms with Gasteiger partial charge in [-0.25, -0.2) is 13.6 Å². The third-order valence-electron chi connectivity index (χ3n) is 7.35. The van der Waals surface area contributed by atoms with Gasteiger partial charge in [0.1, 0.15) is 12.5 Å². The summed E-state index contributed by atoms with van der Waals surface area (Å²) in [5, 5.41) is 11.4. The van der Waals surface area contributed by atoms with Crippen LogP contribution in [0.15, 0.2) is 48.5 Å². The van der Waals surface area contributed by atoms with E-state index in [0.717, 1.165) is 22.3 Å². The quantitative estimate of drug-likeness (QED) is 0.622. The van der Waals surface area contributed by atoms with Crippen molar-refractivity contribution in [2.75, 3.05) is 19.7 Å². The zero-order valence-electron chi connectivity index (χ0n) is 19.0. The van der Waals surface area contributed by atoms with E-state index in [0.29, 0.717) is 12.8 Å². The van der Waals surface area contributed by atoms with E-state index >= 15 is 0 Å². The van der Waals surface area contributed by atoms with Crippen LogP contribution in [0.3, 0.4) is 0 Å². The molecule has 0 unspecified atom stereocenters. The summed E-state index contributed by atoms with van der Waals surface area (Å²) >= 11 is 0. The number of alkyl halides is 2. The molecule has 0 bridgehead atoms. The maximum Gasteiger partial charge on any atom is 0.407 e. The predicted molar refractivity (Wildman–Crippen MR) is 122 cm³/mol. The molecule has 0 aromatic heterocycles. The Labute approximate surface area is 201 Å². The Hall–Kier alpha value is -3.49. The van der Waals surface area contributed by atoms with E-state index < -0.39 is 48.3 Å². The summed E-state index contributed by atoms with van der Waals surface area (Å²) in [6.45, 7) is -0.0542. The van der Waals surface area contributed by atoms with Crippen LogP contribution in [0.2, 0.25) is 0 Å². The summed E-state index contributed by atoms with van der Waals surface area (Å²) in [4.78, 5) is 37.3. The highest BCUT2D eigenvalue weighted by Gasteiger charge is 2.72. The molecule has 2 aromatic rings. The number of fused-ring (bicyclic) bond motifs is 3. The Morgan fingerprint density at radius 1 is 1.06 bits per heavy atom. The van der Waals surface area contributed by atoms with Crippen molar-refractivity contribution in [3.63, 3.8) is 0 Å². The molecule has 7 nitrogen and oxygen atoms in total. The molecule has 1 heterocycles. The van der Waals surface area contributed by atoms with Crippen molar-refractivity contribution in [3.8, 4) is 11.1 Å². The molecule has 5 rings (SSSR count). The van der Waals surface area contributed by atoms with Gasteiger partial charge >= 0.3 is 12.1 Å². The first kappa shape index (κ1) is 23.3. The van der Waals surface area contributed by atoms with E-state index in [2.05, 4.69) is 5.32 Å². The summed E-state index contributed by atoms with van der Waals surface area (Å²) in [5.41, 5.74) is 4.25. The second-order valence-electron chi connectivity index (χ2n) is 9.39. The molecule has 0 radical (unpaired) electrons. The molecule has 2 fully saturated rings. The van der Waals surface area contributed by atoms with Gasteiger partial charge in [0.05, 0.1) is 12.3 Å². The highest BCUT2D eigenvalue weighted by Crippen LogP contribution is 2.56. The number of carbonyl (C=O) groups excluding carboxylic acids is 2. The number of benzene rings is 2. The Kier molecular flexibility index (Phi) is 5.94. The first-order valence-electron chi connectivity index (χ1n) is 11.8. The number of hydrogen-bond donors (Lipinski definition) is 2. The van der Waals surface area contributed by atoms with Gasteiger partial charge in [0.25, 0.3) is 5.92 Å². The van der Waals surface area contributed by atoms with E-state index in [1.807, 2.05) is 48.5 Å². The lowest BCUT2D eigenvalue weighted by molar-refractivity contribution is -0.141. The first-order valence-corrected chi connectivity index (χ1v) is 11.8. The minimum Gasteiger partial charge on any atom is -0.481 e. The Bertz CT molecular complexity index is 1120. The maximum absolute atomic E-state index is 14.4. The fraction of sp³-hybridized carbons (Fsp3) is 0.423. The van der Waals surface area contributed by atoms with Gasteiger partial charge in [-0.15, -0.1) is 0 Å². The van der Waals surface area contributed by atoms with Gasteiger partial charge in [-0.2, -0.15) is 0 Å². The third-order valence-corrected chi connectivity index (χ3v) is 7.35. The topological polar surface area (TPSA) is 95.9 Å². The Balaban J connectivity index is 1.16. The van der Waals surface area contributed by atoms with Crippen molar-refractivity contribution < 1.29 is 33.0 Å². The van der Waals surface area contributed by atoms with Crippen LogP contribution in [0.25, 0.3) is 11.1 Å². The molecule has 2 amide bonds. The van der Waals surface area contributed by atoms with Crippen LogP contribution in [0, 0.1) is 11.8 Å². The van der Waals surface area contributed by atoms with Gasteiger partial charge < -0.3 is 20.1 Å². The summed E-state index contributed by atoms with van der Waals surface area (Å²) in [6, 6.07) is 15.2. The zero-order chi connectivity index (χ0) is 24.7. The molecule has 1 aliphatic heterocycles. The van der Waals surface area contributed by atoms with Crippen molar-refractivity contribution in [2.45, 2.75) is 37.1 Å². The molecule has 3 atom stereocenters. The van der Waals surface area contributed by atoms with Gasteiger partial charge in [0.2, 0.25) is 5.91 Å². The summed E-state index contributed by atoms with van der Waals surface area (Å²) in [5.74, 6) is -8.08. The summed E-state index contributed by atoms with van der Waals surface area (Å²) in [6.07, 6.45) is 0.00164. The molecular weight excluding hydrogens is 458 g/mol. The van der Waals surface area contributed by atoms with Crippen LogP contribution in [0.4, 0.5) is 13.6 Å². The number of carboxylic acids is 1. The van der Waals surface area contributed by atoms with Crippen molar-refractivity contribution in [2.24, 2.45) is 11.8 Å². The SMILES string of the molecule is O=C(O)C[C@H]1CCCN1C(=O)[C@@H]1[C@H](CNC(=O)OCC2c3ccccc3-c3ccccc32)C1(F)F. The van der Waals surface area contributed by atoms with Crippen LogP contribution >= 0.6 is 0 Å². The van der Waals surface area contributed by atoms with E-state index in [-0.39, 0.29) is 25.5 Å². The van der Waals surface area contributed by atoms with Crippen molar-refractivity contribution >= 4 is 18.0 Å². The fourth-order valence-corrected chi connectivity index (χ4v) is 5.54. The van der Waals surface area contributed by atoms with Crippen LogP contribution in [-0.4, -0.2) is 59.6 Å². The number of rotatable bonds is 7. The first-order chi connectivity index (χ1) is 16.8. The largest absolute Gasteiger partial charge is 0.481 e. The normalized spacial score (nSPS) is 23.9. The predicted octanol–water partition coefficient (Wildman–Crippen LogP) is 3.87. The molecule has 1 saturated heterocycles. The summed E-state index contributed by atoms with van der Waals surface area (Å²) in [7, 11) is 0. The van der Waals surface area contributed by atoms with Crippen LogP contribution in [0.5, 0.6) is 0 Å². The van der Waals surface area contributed by atoms with E-state index in [1.165, 1.54) is 4.90 Å². The van der Waals surface area contributed by atoms with Gasteiger partial charge in [0.15, 0.2) is 0 Å². The smallest absolute Gasteiger partial charge is 0.407 e. The van der Waals surface area contributed by atoms with Gasteiger partial charge in [0, 0.05) is 25.0 Å². The number of carbonyl (C=O) groups is 3. The van der Waals surface area contributed by atoms with E-state index in [9.17, 15) is 23.2 Å². The molecule has 2 aliphatic carbocycles. The molecule has 2 N–H and O–H groups in total. The van der Waals surface area contributed by atoms with Crippen molar-refractivity contribution in [3.05, 3.63) is 59.7 Å². The highest BCUT2D eigenvalue weighted by atomic mass is 19.3. The average molecular weight is 484 g/mol. The van der Waals surface area contributed by atoms with Gasteiger partial charge in [-0.3, -0.25) is 9.59 Å². The molecule has 35 heavy (non-hydrogen) atoms. The van der Waals surface area contributed by atoms with Crippen molar-refractivity contribution in [1.29, 1.82) is 0 Å². The number of aliphatic carboxylic acids is 1. The van der Waals surface area contributed by atoms with Crippen molar-refractivity contribution in [1.82, 2.24) is 10.2 Å². The number of amides is 2. The average Bonchev–Trinajstić information content (AvgIpc) is 3.12. The van der Waals surface area contributed by atoms with Crippen LogP contribution in [-0.2, 0) is 14.3 Å². The molecule has 0 spiro atoms. The molecule has 184 valence electrons. The molecule has 1 saturated carbocycles. The number of nitrogens with zero attached hydrogens (tertiary/aromatic N) is 1. The fourth-order valence-electron chi connectivity index (χ4n) is 5.54. The maximum atomic E-state index is 14.4. The monoisotopic (exact) mass is 484 g/mol. The van der Waals surface area contributed by atoms with Gasteiger partial charge in [-0.05, 0) is 35.1 Å². The minimum atomic E-state index is -3.25. The second kappa shape index (κ2) is 8.94. The number of likely N-dealkylation sites (tertiary alicyclic amines) is 1. The zero-order valence-corrected chi connectivity index (χ0v) is 19.0. The number of ether oxygens (including phenoxy) is 1.